The highest BCUT2D eigenvalue weighted by atomic mass is 32.2. The fourth-order valence-corrected chi connectivity index (χ4v) is 4.40. The molecule has 2 aromatic carbocycles. The van der Waals surface area contributed by atoms with Gasteiger partial charge in [0.25, 0.3) is 0 Å². The first-order chi connectivity index (χ1) is 13.7. The molecular weight excluding hydrogens is 395 g/mol. The second-order valence-corrected chi connectivity index (χ2v) is 8.54. The molecule has 0 saturated heterocycles. The highest BCUT2D eigenvalue weighted by Gasteiger charge is 2.33. The van der Waals surface area contributed by atoms with E-state index in [1.54, 1.807) is 26.2 Å². The molecule has 2 aromatic rings. The number of methoxy groups -OCH3 is 1. The summed E-state index contributed by atoms with van der Waals surface area (Å²) >= 11 is 0. The largest absolute Gasteiger partial charge is 0.497 e. The summed E-state index contributed by atoms with van der Waals surface area (Å²) in [4.78, 5) is 13.0. The van der Waals surface area contributed by atoms with Crippen LogP contribution in [-0.2, 0) is 14.8 Å². The molecule has 0 aliphatic rings. The third kappa shape index (κ3) is 5.47. The molecule has 0 bridgehead atoms. The molecule has 158 valence electrons. The van der Waals surface area contributed by atoms with Crippen LogP contribution in [0.15, 0.2) is 48.5 Å². The highest BCUT2D eigenvalue weighted by Crippen LogP contribution is 2.26. The van der Waals surface area contributed by atoms with Gasteiger partial charge < -0.3 is 10.1 Å². The number of rotatable bonds is 9. The molecule has 0 unspecified atom stereocenters. The van der Waals surface area contributed by atoms with Crippen molar-refractivity contribution in [2.24, 2.45) is 0 Å². The van der Waals surface area contributed by atoms with Crippen molar-refractivity contribution in [3.63, 3.8) is 0 Å². The van der Waals surface area contributed by atoms with E-state index in [2.05, 4.69) is 5.32 Å². The summed E-state index contributed by atoms with van der Waals surface area (Å²) in [6.07, 6.45) is 1.76. The van der Waals surface area contributed by atoms with Gasteiger partial charge in [-0.25, -0.2) is 12.8 Å². The van der Waals surface area contributed by atoms with Gasteiger partial charge in [-0.3, -0.25) is 9.10 Å². The molecule has 0 saturated carbocycles. The van der Waals surface area contributed by atoms with Gasteiger partial charge >= 0.3 is 0 Å². The zero-order valence-corrected chi connectivity index (χ0v) is 17.9. The quantitative estimate of drug-likeness (QED) is 0.669. The summed E-state index contributed by atoms with van der Waals surface area (Å²) < 4.78 is 45.3. The van der Waals surface area contributed by atoms with Crippen molar-refractivity contribution in [2.45, 2.75) is 38.8 Å². The fourth-order valence-electron chi connectivity index (χ4n) is 3.19. The molecule has 0 heterocycles. The van der Waals surface area contributed by atoms with Gasteiger partial charge in [0.2, 0.25) is 15.9 Å². The van der Waals surface area contributed by atoms with E-state index in [1.165, 1.54) is 24.3 Å². The lowest BCUT2D eigenvalue weighted by atomic mass is 10.0. The minimum Gasteiger partial charge on any atom is -0.497 e. The molecule has 2 rings (SSSR count). The van der Waals surface area contributed by atoms with E-state index in [0.717, 1.165) is 16.1 Å². The number of amides is 1. The lowest BCUT2D eigenvalue weighted by Crippen LogP contribution is -2.50. The summed E-state index contributed by atoms with van der Waals surface area (Å²) in [5, 5.41) is 2.90. The average Bonchev–Trinajstić information content (AvgIpc) is 2.70. The number of anilines is 1. The maximum absolute atomic E-state index is 14.3. The summed E-state index contributed by atoms with van der Waals surface area (Å²) in [6.45, 7) is 3.61. The molecule has 29 heavy (non-hydrogen) atoms. The molecule has 2 atom stereocenters. The fraction of sp³-hybridized carbons (Fsp3) is 0.381. The Morgan fingerprint density at radius 3 is 2.21 bits per heavy atom. The molecular formula is C21H27FN2O4S. The molecule has 0 fully saturated rings. The molecule has 0 aliphatic carbocycles. The van der Waals surface area contributed by atoms with Crippen LogP contribution in [0.5, 0.6) is 5.75 Å². The Hall–Kier alpha value is -2.61. The smallest absolute Gasteiger partial charge is 0.244 e. The van der Waals surface area contributed by atoms with Crippen molar-refractivity contribution in [3.8, 4) is 5.75 Å². The van der Waals surface area contributed by atoms with Gasteiger partial charge in [-0.05, 0) is 42.7 Å². The lowest BCUT2D eigenvalue weighted by Gasteiger charge is -2.31. The number of carbonyl (C=O) groups excluding carboxylic acids is 1. The van der Waals surface area contributed by atoms with E-state index in [4.69, 9.17) is 4.74 Å². The van der Waals surface area contributed by atoms with E-state index in [9.17, 15) is 17.6 Å². The SMILES string of the molecule is CC[C@H](NC(=O)[C@H](CC)N(c1ccccc1F)S(C)(=O)=O)c1ccc(OC)cc1. The Morgan fingerprint density at radius 2 is 1.72 bits per heavy atom. The number of sulfonamides is 1. The van der Waals surface area contributed by atoms with Crippen molar-refractivity contribution in [2.75, 3.05) is 17.7 Å². The summed E-state index contributed by atoms with van der Waals surface area (Å²) in [5.41, 5.74) is 0.725. The number of hydrogen-bond donors (Lipinski definition) is 1. The van der Waals surface area contributed by atoms with Crippen LogP contribution in [0.4, 0.5) is 10.1 Å². The summed E-state index contributed by atoms with van der Waals surface area (Å²) in [7, 11) is -2.33. The van der Waals surface area contributed by atoms with Gasteiger partial charge in [-0.2, -0.15) is 0 Å². The van der Waals surface area contributed by atoms with Crippen LogP contribution >= 0.6 is 0 Å². The molecule has 0 spiro atoms. The van der Waals surface area contributed by atoms with Crippen LogP contribution in [0, 0.1) is 5.82 Å². The first-order valence-electron chi connectivity index (χ1n) is 9.41. The van der Waals surface area contributed by atoms with Crippen molar-refractivity contribution < 1.29 is 22.3 Å². The third-order valence-electron chi connectivity index (χ3n) is 4.66. The number of nitrogens with zero attached hydrogens (tertiary/aromatic N) is 1. The van der Waals surface area contributed by atoms with Crippen LogP contribution < -0.4 is 14.4 Å². The van der Waals surface area contributed by atoms with E-state index in [1.807, 2.05) is 19.1 Å². The van der Waals surface area contributed by atoms with Gasteiger partial charge in [0, 0.05) is 0 Å². The van der Waals surface area contributed by atoms with Crippen LogP contribution in [-0.4, -0.2) is 33.7 Å². The maximum Gasteiger partial charge on any atom is 0.244 e. The van der Waals surface area contributed by atoms with Crippen LogP contribution in [0.2, 0.25) is 0 Å². The lowest BCUT2D eigenvalue weighted by molar-refractivity contribution is -0.123. The summed E-state index contributed by atoms with van der Waals surface area (Å²) in [5.74, 6) is -0.487. The van der Waals surface area contributed by atoms with E-state index in [0.29, 0.717) is 12.2 Å². The Morgan fingerprint density at radius 1 is 1.10 bits per heavy atom. The Kier molecular flexibility index (Phi) is 7.61. The number of ether oxygens (including phenoxy) is 1. The van der Waals surface area contributed by atoms with Crippen LogP contribution in [0.25, 0.3) is 0 Å². The zero-order chi connectivity index (χ0) is 21.6. The standard InChI is InChI=1S/C21H27FN2O4S/c1-5-18(15-11-13-16(28-3)14-12-15)23-21(25)19(6-2)24(29(4,26)27)20-10-8-7-9-17(20)22/h7-14,18-19H,5-6H2,1-4H3,(H,23,25)/t18-,19-/m0/s1. The van der Waals surface area contributed by atoms with Gasteiger partial charge in [0.05, 0.1) is 25.1 Å². The van der Waals surface area contributed by atoms with Gasteiger partial charge in [-0.15, -0.1) is 0 Å². The van der Waals surface area contributed by atoms with Crippen molar-refractivity contribution in [1.29, 1.82) is 0 Å². The molecule has 0 aliphatic heterocycles. The minimum absolute atomic E-state index is 0.144. The number of benzene rings is 2. The molecule has 0 aromatic heterocycles. The Balaban J connectivity index is 2.34. The zero-order valence-electron chi connectivity index (χ0n) is 17.1. The predicted molar refractivity (Wildman–Crippen MR) is 112 cm³/mol. The predicted octanol–water partition coefficient (Wildman–Crippen LogP) is 3.65. The van der Waals surface area contributed by atoms with E-state index < -0.39 is 27.8 Å². The molecule has 1 amide bonds. The van der Waals surface area contributed by atoms with E-state index >= 15 is 0 Å². The average molecular weight is 423 g/mol. The second kappa shape index (κ2) is 9.73. The van der Waals surface area contributed by atoms with E-state index in [-0.39, 0.29) is 18.2 Å². The summed E-state index contributed by atoms with van der Waals surface area (Å²) in [6, 6.07) is 11.4. The Bertz CT molecular complexity index is 932. The van der Waals surface area contributed by atoms with Gasteiger partial charge in [0.1, 0.15) is 17.6 Å². The van der Waals surface area contributed by atoms with Crippen molar-refractivity contribution >= 4 is 21.6 Å². The number of hydrogen-bond acceptors (Lipinski definition) is 4. The maximum atomic E-state index is 14.3. The number of carbonyl (C=O) groups is 1. The van der Waals surface area contributed by atoms with Crippen molar-refractivity contribution in [1.82, 2.24) is 5.32 Å². The number of nitrogens with one attached hydrogen (secondary N) is 1. The normalized spacial score (nSPS) is 13.4. The topological polar surface area (TPSA) is 75.7 Å². The Labute approximate surface area is 171 Å². The highest BCUT2D eigenvalue weighted by molar-refractivity contribution is 7.92. The minimum atomic E-state index is -3.90. The molecule has 8 heteroatoms. The molecule has 1 N–H and O–H groups in total. The van der Waals surface area contributed by atoms with Gasteiger partial charge in [-0.1, -0.05) is 38.1 Å². The van der Waals surface area contributed by atoms with Crippen LogP contribution in [0.1, 0.15) is 38.3 Å². The van der Waals surface area contributed by atoms with Gasteiger partial charge in [0.15, 0.2) is 0 Å². The monoisotopic (exact) mass is 422 g/mol. The van der Waals surface area contributed by atoms with Crippen molar-refractivity contribution in [3.05, 3.63) is 59.9 Å². The number of halogens is 1. The first-order valence-corrected chi connectivity index (χ1v) is 11.3. The van der Waals surface area contributed by atoms with Crippen LogP contribution in [0.3, 0.4) is 0 Å². The second-order valence-electron chi connectivity index (χ2n) is 6.68. The third-order valence-corrected chi connectivity index (χ3v) is 5.83. The number of para-hydroxylation sites is 1. The molecule has 6 nitrogen and oxygen atoms in total. The molecule has 0 radical (unpaired) electrons. The first kappa shape index (κ1) is 22.7.